The molecule has 0 atom stereocenters. The Labute approximate surface area is 138 Å². The zero-order chi connectivity index (χ0) is 17.1. The zero-order valence-corrected chi connectivity index (χ0v) is 12.9. The average Bonchev–Trinajstić information content (AvgIpc) is 2.58. The molecule has 0 spiro atoms. The molecule has 0 aliphatic carbocycles. The monoisotopic (exact) mass is 321 g/mol. The highest BCUT2D eigenvalue weighted by Crippen LogP contribution is 2.27. The maximum atomic E-state index is 11.0. The maximum absolute atomic E-state index is 11.0. The summed E-state index contributed by atoms with van der Waals surface area (Å²) in [5.74, 6) is -0.730. The molecule has 3 N–H and O–H groups in total. The molecule has 0 amide bonds. The minimum absolute atomic E-state index is 0.0654. The lowest BCUT2D eigenvalue weighted by atomic mass is 10.1. The number of aromatic carboxylic acids is 1. The van der Waals surface area contributed by atoms with Crippen LogP contribution in [0.1, 0.15) is 15.9 Å². The van der Waals surface area contributed by atoms with Crippen molar-refractivity contribution in [3.05, 3.63) is 65.7 Å². The number of nitrogens with one attached hydrogen (secondary N) is 1. The molecule has 6 nitrogen and oxygen atoms in total. The molecule has 3 aromatic rings. The van der Waals surface area contributed by atoms with Crippen molar-refractivity contribution in [3.63, 3.8) is 0 Å². The van der Waals surface area contributed by atoms with E-state index in [1.807, 2.05) is 31.2 Å². The van der Waals surface area contributed by atoms with E-state index in [0.717, 1.165) is 11.3 Å². The van der Waals surface area contributed by atoms with Gasteiger partial charge in [0.05, 0.1) is 16.9 Å². The number of carbonyl (C=O) groups is 1. The molecule has 1 heterocycles. The fraction of sp³-hybridized carbons (Fsp3) is 0.0556. The molecule has 0 aliphatic heterocycles. The lowest BCUT2D eigenvalue weighted by Gasteiger charge is -2.08. The lowest BCUT2D eigenvalue weighted by molar-refractivity contribution is 0.0697. The maximum Gasteiger partial charge on any atom is 0.335 e. The van der Waals surface area contributed by atoms with Crippen LogP contribution < -0.4 is 5.32 Å². The molecule has 0 bridgehead atoms. The second kappa shape index (κ2) is 6.37. The zero-order valence-electron chi connectivity index (χ0n) is 12.9. The Morgan fingerprint density at radius 1 is 1.00 bits per heavy atom. The second-order valence-electron chi connectivity index (χ2n) is 5.33. The van der Waals surface area contributed by atoms with Gasteiger partial charge in [-0.3, -0.25) is 0 Å². The molecule has 0 saturated heterocycles. The summed E-state index contributed by atoms with van der Waals surface area (Å²) in [7, 11) is 0. The third kappa shape index (κ3) is 3.33. The number of phenolic OH excluding ortho intramolecular Hbond substituents is 1. The van der Waals surface area contributed by atoms with Crippen molar-refractivity contribution in [2.45, 2.75) is 6.92 Å². The quantitative estimate of drug-likeness (QED) is 0.636. The van der Waals surface area contributed by atoms with E-state index in [0.29, 0.717) is 5.82 Å². The predicted molar refractivity (Wildman–Crippen MR) is 90.6 cm³/mol. The Bertz CT molecular complexity index is 875. The van der Waals surface area contributed by atoms with Gasteiger partial charge in [0.1, 0.15) is 5.75 Å². The highest BCUT2D eigenvalue weighted by molar-refractivity contribution is 5.89. The van der Waals surface area contributed by atoms with Crippen LogP contribution in [0.4, 0.5) is 11.5 Å². The molecule has 1 aromatic heterocycles. The smallest absolute Gasteiger partial charge is 0.335 e. The highest BCUT2D eigenvalue weighted by atomic mass is 16.4. The van der Waals surface area contributed by atoms with E-state index in [1.165, 1.54) is 23.8 Å². The SMILES string of the molecule is Cc1ccc(-c2ccc(Nc3cc(C(=O)O)ccc3O)nn2)cc1. The summed E-state index contributed by atoms with van der Waals surface area (Å²) < 4.78 is 0. The van der Waals surface area contributed by atoms with Gasteiger partial charge in [0.15, 0.2) is 5.82 Å². The molecule has 0 unspecified atom stereocenters. The lowest BCUT2D eigenvalue weighted by Crippen LogP contribution is -2.00. The first kappa shape index (κ1) is 15.5. The van der Waals surface area contributed by atoms with Crippen molar-refractivity contribution >= 4 is 17.5 Å². The van der Waals surface area contributed by atoms with Crippen LogP contribution in [-0.4, -0.2) is 26.4 Å². The highest BCUT2D eigenvalue weighted by Gasteiger charge is 2.09. The number of aromatic hydroxyl groups is 1. The predicted octanol–water partition coefficient (Wildman–Crippen LogP) is 3.60. The van der Waals surface area contributed by atoms with E-state index in [9.17, 15) is 9.90 Å². The van der Waals surface area contributed by atoms with E-state index >= 15 is 0 Å². The number of aromatic nitrogens is 2. The summed E-state index contributed by atoms with van der Waals surface area (Å²) in [6.45, 7) is 2.01. The standard InChI is InChI=1S/C18H15N3O3/c1-11-2-4-12(5-3-11)14-7-9-17(21-20-14)19-15-10-13(18(23)24)6-8-16(15)22/h2-10,22H,1H3,(H,19,21)(H,23,24). The van der Waals surface area contributed by atoms with Gasteiger partial charge in [-0.15, -0.1) is 10.2 Å². The number of hydrogen-bond acceptors (Lipinski definition) is 5. The van der Waals surface area contributed by atoms with Crippen molar-refractivity contribution in [2.24, 2.45) is 0 Å². The van der Waals surface area contributed by atoms with Gasteiger partial charge in [-0.2, -0.15) is 0 Å². The fourth-order valence-corrected chi connectivity index (χ4v) is 2.18. The number of hydrogen-bond donors (Lipinski definition) is 3. The van der Waals surface area contributed by atoms with Crippen molar-refractivity contribution in [2.75, 3.05) is 5.32 Å². The molecular weight excluding hydrogens is 306 g/mol. The van der Waals surface area contributed by atoms with Gasteiger partial charge < -0.3 is 15.5 Å². The van der Waals surface area contributed by atoms with Gasteiger partial charge >= 0.3 is 5.97 Å². The van der Waals surface area contributed by atoms with E-state index in [2.05, 4.69) is 15.5 Å². The van der Waals surface area contributed by atoms with Crippen LogP contribution >= 0.6 is 0 Å². The first-order chi connectivity index (χ1) is 11.5. The molecule has 0 saturated carbocycles. The summed E-state index contributed by atoms with van der Waals surface area (Å²) in [4.78, 5) is 11.0. The van der Waals surface area contributed by atoms with Crippen LogP contribution in [0.3, 0.4) is 0 Å². The topological polar surface area (TPSA) is 95.3 Å². The van der Waals surface area contributed by atoms with E-state index in [4.69, 9.17) is 5.11 Å². The number of carboxylic acids is 1. The summed E-state index contributed by atoms with van der Waals surface area (Å²) in [6, 6.07) is 15.4. The van der Waals surface area contributed by atoms with Crippen LogP contribution in [0.2, 0.25) is 0 Å². The first-order valence-corrected chi connectivity index (χ1v) is 7.27. The Kier molecular flexibility index (Phi) is 4.11. The third-order valence-electron chi connectivity index (χ3n) is 3.52. The number of phenols is 1. The van der Waals surface area contributed by atoms with Crippen LogP contribution in [0, 0.1) is 6.92 Å². The Balaban J connectivity index is 1.83. The number of benzene rings is 2. The number of carboxylic acid groups (broad SMARTS) is 1. The normalized spacial score (nSPS) is 10.4. The van der Waals surface area contributed by atoms with E-state index < -0.39 is 5.97 Å². The van der Waals surface area contributed by atoms with Crippen LogP contribution in [0.15, 0.2) is 54.6 Å². The van der Waals surface area contributed by atoms with Crippen molar-refractivity contribution in [1.29, 1.82) is 0 Å². The number of rotatable bonds is 4. The third-order valence-corrected chi connectivity index (χ3v) is 3.52. The molecule has 2 aromatic carbocycles. The molecule has 0 fully saturated rings. The average molecular weight is 321 g/mol. The summed E-state index contributed by atoms with van der Waals surface area (Å²) in [5.41, 5.74) is 3.17. The van der Waals surface area contributed by atoms with Crippen molar-refractivity contribution in [3.8, 4) is 17.0 Å². The van der Waals surface area contributed by atoms with Crippen LogP contribution in [-0.2, 0) is 0 Å². The summed E-state index contributed by atoms with van der Waals surface area (Å²) in [6.07, 6.45) is 0. The minimum Gasteiger partial charge on any atom is -0.506 e. The molecule has 24 heavy (non-hydrogen) atoms. The van der Waals surface area contributed by atoms with Crippen LogP contribution in [0.25, 0.3) is 11.3 Å². The Hall–Kier alpha value is -3.41. The van der Waals surface area contributed by atoms with Gasteiger partial charge in [-0.1, -0.05) is 29.8 Å². The fourth-order valence-electron chi connectivity index (χ4n) is 2.18. The number of nitrogens with zero attached hydrogens (tertiary/aromatic N) is 2. The second-order valence-corrected chi connectivity index (χ2v) is 5.33. The summed E-state index contributed by atoms with van der Waals surface area (Å²) in [5, 5.41) is 29.9. The largest absolute Gasteiger partial charge is 0.506 e. The number of anilines is 2. The van der Waals surface area contributed by atoms with Gasteiger partial charge in [-0.05, 0) is 37.3 Å². The van der Waals surface area contributed by atoms with Gasteiger partial charge in [0.25, 0.3) is 0 Å². The summed E-state index contributed by atoms with van der Waals surface area (Å²) >= 11 is 0. The minimum atomic E-state index is -1.07. The van der Waals surface area contributed by atoms with Gasteiger partial charge in [-0.25, -0.2) is 4.79 Å². The molecule has 3 rings (SSSR count). The first-order valence-electron chi connectivity index (χ1n) is 7.27. The van der Waals surface area contributed by atoms with E-state index in [1.54, 1.807) is 12.1 Å². The molecule has 0 aliphatic rings. The molecule has 6 heteroatoms. The Morgan fingerprint density at radius 2 is 1.75 bits per heavy atom. The molecule has 0 radical (unpaired) electrons. The molecular formula is C18H15N3O3. The molecule has 120 valence electrons. The number of aryl methyl sites for hydroxylation is 1. The van der Waals surface area contributed by atoms with Crippen LogP contribution in [0.5, 0.6) is 5.75 Å². The van der Waals surface area contributed by atoms with Gasteiger partial charge in [0, 0.05) is 5.56 Å². The van der Waals surface area contributed by atoms with Crippen molar-refractivity contribution in [1.82, 2.24) is 10.2 Å². The van der Waals surface area contributed by atoms with E-state index in [-0.39, 0.29) is 17.0 Å². The Morgan fingerprint density at radius 3 is 2.38 bits per heavy atom. The van der Waals surface area contributed by atoms with Crippen molar-refractivity contribution < 1.29 is 15.0 Å². The van der Waals surface area contributed by atoms with Gasteiger partial charge in [0.2, 0.25) is 0 Å².